The van der Waals surface area contributed by atoms with Gasteiger partial charge in [-0.2, -0.15) is 0 Å². The molecule has 2 aromatic rings. The maximum Gasteiger partial charge on any atom is 0.238 e. The van der Waals surface area contributed by atoms with Crippen molar-refractivity contribution in [1.29, 1.82) is 0 Å². The monoisotopic (exact) mass is 295 g/mol. The number of rotatable bonds is 3. The Morgan fingerprint density at radius 3 is 2.82 bits per heavy atom. The van der Waals surface area contributed by atoms with Crippen molar-refractivity contribution in [2.75, 3.05) is 24.1 Å². The lowest BCUT2D eigenvalue weighted by molar-refractivity contribution is -0.117. The fraction of sp³-hybridized carbons (Fsp3) is 0.278. The molecule has 3 rings (SSSR count). The SMILES string of the molecule is Cc1ccc(N)cc1NC(=O)CN1CCc2ccccc2C1. The second-order valence-corrected chi connectivity index (χ2v) is 5.85. The van der Waals surface area contributed by atoms with Crippen LogP contribution in [0.15, 0.2) is 42.5 Å². The highest BCUT2D eigenvalue weighted by Gasteiger charge is 2.18. The standard InChI is InChI=1S/C18H21N3O/c1-13-6-7-16(19)10-17(13)20-18(22)12-21-9-8-14-4-2-3-5-15(14)11-21/h2-7,10H,8-9,11-12,19H2,1H3,(H,20,22). The van der Waals surface area contributed by atoms with Crippen LogP contribution in [0.5, 0.6) is 0 Å². The summed E-state index contributed by atoms with van der Waals surface area (Å²) in [6.07, 6.45) is 1.00. The van der Waals surface area contributed by atoms with Crippen molar-refractivity contribution in [3.63, 3.8) is 0 Å². The Labute approximate surface area is 130 Å². The molecular formula is C18H21N3O. The van der Waals surface area contributed by atoms with E-state index in [-0.39, 0.29) is 5.91 Å². The molecule has 1 aliphatic rings. The molecule has 22 heavy (non-hydrogen) atoms. The van der Waals surface area contributed by atoms with Gasteiger partial charge in [-0.15, -0.1) is 0 Å². The smallest absolute Gasteiger partial charge is 0.238 e. The molecule has 0 aromatic heterocycles. The van der Waals surface area contributed by atoms with Gasteiger partial charge < -0.3 is 11.1 Å². The lowest BCUT2D eigenvalue weighted by Gasteiger charge is -2.28. The van der Waals surface area contributed by atoms with Gasteiger partial charge in [-0.05, 0) is 42.2 Å². The number of carbonyl (C=O) groups is 1. The van der Waals surface area contributed by atoms with Crippen molar-refractivity contribution in [3.05, 3.63) is 59.2 Å². The summed E-state index contributed by atoms with van der Waals surface area (Å²) in [5, 5.41) is 2.96. The molecule has 3 N–H and O–H groups in total. The average molecular weight is 295 g/mol. The van der Waals surface area contributed by atoms with Crippen LogP contribution in [0.2, 0.25) is 0 Å². The minimum Gasteiger partial charge on any atom is -0.399 e. The third kappa shape index (κ3) is 3.28. The van der Waals surface area contributed by atoms with Gasteiger partial charge in [-0.25, -0.2) is 0 Å². The van der Waals surface area contributed by atoms with E-state index in [1.54, 1.807) is 6.07 Å². The normalized spacial score (nSPS) is 14.4. The molecule has 1 amide bonds. The fourth-order valence-corrected chi connectivity index (χ4v) is 2.86. The number of nitrogens with zero attached hydrogens (tertiary/aromatic N) is 1. The summed E-state index contributed by atoms with van der Waals surface area (Å²) in [6.45, 7) is 4.12. The van der Waals surface area contributed by atoms with Crippen LogP contribution < -0.4 is 11.1 Å². The van der Waals surface area contributed by atoms with Gasteiger partial charge in [0.15, 0.2) is 0 Å². The molecule has 0 saturated carbocycles. The molecule has 114 valence electrons. The zero-order valence-electron chi connectivity index (χ0n) is 12.8. The number of fused-ring (bicyclic) bond motifs is 1. The summed E-state index contributed by atoms with van der Waals surface area (Å²) in [6, 6.07) is 14.0. The summed E-state index contributed by atoms with van der Waals surface area (Å²) < 4.78 is 0. The Bertz CT molecular complexity index is 696. The third-order valence-corrected chi connectivity index (χ3v) is 4.11. The van der Waals surface area contributed by atoms with Crippen molar-refractivity contribution in [1.82, 2.24) is 4.90 Å². The van der Waals surface area contributed by atoms with Gasteiger partial charge in [0.25, 0.3) is 0 Å². The molecule has 4 nitrogen and oxygen atoms in total. The molecule has 1 heterocycles. The quantitative estimate of drug-likeness (QED) is 0.856. The van der Waals surface area contributed by atoms with Gasteiger partial charge in [-0.3, -0.25) is 9.69 Å². The summed E-state index contributed by atoms with van der Waals surface area (Å²) >= 11 is 0. The number of carbonyl (C=O) groups excluding carboxylic acids is 1. The number of nitrogens with two attached hydrogens (primary N) is 1. The zero-order valence-corrected chi connectivity index (χ0v) is 12.8. The number of benzene rings is 2. The highest BCUT2D eigenvalue weighted by molar-refractivity contribution is 5.93. The highest BCUT2D eigenvalue weighted by atomic mass is 16.2. The van der Waals surface area contributed by atoms with E-state index < -0.39 is 0 Å². The number of amides is 1. The topological polar surface area (TPSA) is 58.4 Å². The first-order valence-electron chi connectivity index (χ1n) is 7.57. The Hall–Kier alpha value is -2.33. The van der Waals surface area contributed by atoms with Crippen molar-refractivity contribution in [3.8, 4) is 0 Å². The molecule has 0 saturated heterocycles. The summed E-state index contributed by atoms with van der Waals surface area (Å²) in [4.78, 5) is 14.4. The van der Waals surface area contributed by atoms with Crippen molar-refractivity contribution in [2.45, 2.75) is 19.9 Å². The first-order chi connectivity index (χ1) is 10.6. The first-order valence-corrected chi connectivity index (χ1v) is 7.57. The van der Waals surface area contributed by atoms with E-state index in [1.165, 1.54) is 11.1 Å². The molecule has 0 atom stereocenters. The second kappa shape index (κ2) is 6.20. The highest BCUT2D eigenvalue weighted by Crippen LogP contribution is 2.20. The van der Waals surface area contributed by atoms with Gasteiger partial charge in [0, 0.05) is 24.5 Å². The molecule has 4 heteroatoms. The van der Waals surface area contributed by atoms with E-state index in [0.29, 0.717) is 12.2 Å². The molecule has 0 fully saturated rings. The number of nitrogen functional groups attached to an aromatic ring is 1. The largest absolute Gasteiger partial charge is 0.399 e. The molecule has 0 bridgehead atoms. The van der Waals surface area contributed by atoms with Crippen LogP contribution in [0.25, 0.3) is 0 Å². The lowest BCUT2D eigenvalue weighted by atomic mass is 10.00. The van der Waals surface area contributed by atoms with Crippen LogP contribution in [0.3, 0.4) is 0 Å². The fourth-order valence-electron chi connectivity index (χ4n) is 2.86. The lowest BCUT2D eigenvalue weighted by Crippen LogP contribution is -2.37. The van der Waals surface area contributed by atoms with Crippen molar-refractivity contribution < 1.29 is 4.79 Å². The molecule has 2 aromatic carbocycles. The van der Waals surface area contributed by atoms with Gasteiger partial charge in [0.1, 0.15) is 0 Å². The van der Waals surface area contributed by atoms with Crippen LogP contribution >= 0.6 is 0 Å². The van der Waals surface area contributed by atoms with E-state index in [9.17, 15) is 4.79 Å². The Balaban J connectivity index is 1.62. The van der Waals surface area contributed by atoms with Crippen molar-refractivity contribution in [2.24, 2.45) is 0 Å². The van der Waals surface area contributed by atoms with Gasteiger partial charge >= 0.3 is 0 Å². The van der Waals surface area contributed by atoms with E-state index in [4.69, 9.17) is 5.73 Å². The average Bonchev–Trinajstić information content (AvgIpc) is 2.51. The van der Waals surface area contributed by atoms with Gasteiger partial charge in [-0.1, -0.05) is 30.3 Å². The van der Waals surface area contributed by atoms with E-state index in [2.05, 4.69) is 34.5 Å². The molecule has 0 radical (unpaired) electrons. The number of hydrogen-bond donors (Lipinski definition) is 2. The van der Waals surface area contributed by atoms with E-state index in [1.807, 2.05) is 19.1 Å². The number of nitrogens with one attached hydrogen (secondary N) is 1. The maximum atomic E-state index is 12.3. The predicted octanol–water partition coefficient (Wildman–Crippen LogP) is 2.57. The Kier molecular flexibility index (Phi) is 4.11. The summed E-state index contributed by atoms with van der Waals surface area (Å²) in [7, 11) is 0. The minimum absolute atomic E-state index is 0.00748. The van der Waals surface area contributed by atoms with E-state index >= 15 is 0 Å². The second-order valence-electron chi connectivity index (χ2n) is 5.85. The van der Waals surface area contributed by atoms with Crippen molar-refractivity contribution >= 4 is 17.3 Å². The summed E-state index contributed by atoms with van der Waals surface area (Å²) in [5.41, 5.74) is 11.0. The Morgan fingerprint density at radius 1 is 1.23 bits per heavy atom. The minimum atomic E-state index is 0.00748. The number of aryl methyl sites for hydroxylation is 1. The van der Waals surface area contributed by atoms with Crippen LogP contribution in [-0.4, -0.2) is 23.9 Å². The summed E-state index contributed by atoms with van der Waals surface area (Å²) in [5.74, 6) is 0.00748. The van der Waals surface area contributed by atoms with Gasteiger partial charge in [0.2, 0.25) is 5.91 Å². The molecular weight excluding hydrogens is 274 g/mol. The predicted molar refractivity (Wildman–Crippen MR) is 89.6 cm³/mol. The number of anilines is 2. The molecule has 0 spiro atoms. The van der Waals surface area contributed by atoms with Crippen LogP contribution in [-0.2, 0) is 17.8 Å². The first kappa shape index (κ1) is 14.6. The Morgan fingerprint density at radius 2 is 2.00 bits per heavy atom. The van der Waals surface area contributed by atoms with Crippen LogP contribution in [0.4, 0.5) is 11.4 Å². The maximum absolute atomic E-state index is 12.3. The van der Waals surface area contributed by atoms with E-state index in [0.717, 1.165) is 30.8 Å². The zero-order chi connectivity index (χ0) is 15.5. The van der Waals surface area contributed by atoms with Crippen LogP contribution in [0.1, 0.15) is 16.7 Å². The van der Waals surface area contributed by atoms with Crippen LogP contribution in [0, 0.1) is 6.92 Å². The third-order valence-electron chi connectivity index (χ3n) is 4.11. The van der Waals surface area contributed by atoms with Gasteiger partial charge in [0.05, 0.1) is 6.54 Å². The number of hydrogen-bond acceptors (Lipinski definition) is 3. The molecule has 0 unspecified atom stereocenters. The molecule has 1 aliphatic heterocycles. The molecule has 0 aliphatic carbocycles.